The summed E-state index contributed by atoms with van der Waals surface area (Å²) in [6, 6.07) is 10.5. The van der Waals surface area contributed by atoms with Crippen LogP contribution in [0.1, 0.15) is 23.2 Å². The predicted molar refractivity (Wildman–Crippen MR) is 122 cm³/mol. The molecule has 11 heteroatoms. The molecule has 1 unspecified atom stereocenters. The lowest BCUT2D eigenvalue weighted by Crippen LogP contribution is -2.49. The lowest BCUT2D eigenvalue weighted by atomic mass is 10.2. The number of halogens is 1. The van der Waals surface area contributed by atoms with Crippen LogP contribution >= 0.6 is 11.6 Å². The Bertz CT molecular complexity index is 1130. The topological polar surface area (TPSA) is 114 Å². The van der Waals surface area contributed by atoms with Crippen molar-refractivity contribution < 1.29 is 27.5 Å². The van der Waals surface area contributed by atoms with Crippen LogP contribution in [0.25, 0.3) is 0 Å². The second-order valence-corrected chi connectivity index (χ2v) is 10.1. The molecule has 0 bridgehead atoms. The Kier molecular flexibility index (Phi) is 7.18. The van der Waals surface area contributed by atoms with Crippen molar-refractivity contribution in [3.63, 3.8) is 0 Å². The van der Waals surface area contributed by atoms with Gasteiger partial charge in [0.15, 0.2) is 0 Å². The van der Waals surface area contributed by atoms with Gasteiger partial charge in [-0.3, -0.25) is 9.59 Å². The molecule has 0 saturated carbocycles. The van der Waals surface area contributed by atoms with E-state index in [2.05, 4.69) is 10.6 Å². The van der Waals surface area contributed by atoms with E-state index in [0.29, 0.717) is 23.1 Å². The molecule has 2 amide bonds. The number of nitrogens with one attached hydrogen (secondary N) is 2. The number of rotatable bonds is 7. The van der Waals surface area contributed by atoms with Crippen molar-refractivity contribution >= 4 is 39.1 Å². The summed E-state index contributed by atoms with van der Waals surface area (Å²) < 4.78 is 38.1. The number of nitrogens with zero attached hydrogens (tertiary/aromatic N) is 1. The summed E-state index contributed by atoms with van der Waals surface area (Å²) in [5, 5.41) is 5.79. The second kappa shape index (κ2) is 10.1. The highest BCUT2D eigenvalue weighted by Gasteiger charge is 2.29. The minimum atomic E-state index is -3.83. The molecule has 176 valence electrons. The van der Waals surface area contributed by atoms with Crippen LogP contribution in [0.2, 0.25) is 5.02 Å². The van der Waals surface area contributed by atoms with Gasteiger partial charge in [0.25, 0.3) is 5.91 Å². The number of hydrogen-bond donors (Lipinski definition) is 2. The molecule has 2 aliphatic rings. The molecule has 2 aromatic rings. The Labute approximate surface area is 197 Å². The quantitative estimate of drug-likeness (QED) is 0.611. The molecule has 9 nitrogen and oxygen atoms in total. The number of carbonyl (C=O) groups is 2. The highest BCUT2D eigenvalue weighted by Crippen LogP contribution is 2.29. The van der Waals surface area contributed by atoms with Gasteiger partial charge in [0.2, 0.25) is 15.9 Å². The standard InChI is InChI=1S/C22H24ClN3O6S/c23-16-5-8-20(32-14-17-2-1-11-31-17)19(12-16)25-22(28)15-3-6-18(7-4-15)33(29,30)26-10-9-24-21(27)13-26/h3-8,12,17H,1-2,9-11,13-14H2,(H,24,27)(H,25,28). The summed E-state index contributed by atoms with van der Waals surface area (Å²) in [4.78, 5) is 24.4. The van der Waals surface area contributed by atoms with Gasteiger partial charge in [-0.05, 0) is 55.3 Å². The minimum Gasteiger partial charge on any atom is -0.489 e. The highest BCUT2D eigenvalue weighted by molar-refractivity contribution is 7.89. The Balaban J connectivity index is 1.45. The normalized spacial score (nSPS) is 19.2. The van der Waals surface area contributed by atoms with Gasteiger partial charge in [-0.25, -0.2) is 8.42 Å². The molecule has 2 saturated heterocycles. The van der Waals surface area contributed by atoms with E-state index in [1.54, 1.807) is 18.2 Å². The van der Waals surface area contributed by atoms with Crippen molar-refractivity contribution in [2.75, 3.05) is 38.2 Å². The number of piperazine rings is 1. The van der Waals surface area contributed by atoms with Crippen LogP contribution in [0.15, 0.2) is 47.4 Å². The molecule has 33 heavy (non-hydrogen) atoms. The monoisotopic (exact) mass is 493 g/mol. The summed E-state index contributed by atoms with van der Waals surface area (Å²) in [6.07, 6.45) is 1.94. The van der Waals surface area contributed by atoms with Crippen LogP contribution in [0, 0.1) is 0 Å². The third kappa shape index (κ3) is 5.64. The number of ether oxygens (including phenoxy) is 2. The van der Waals surface area contributed by atoms with Crippen LogP contribution in [0.5, 0.6) is 5.75 Å². The molecule has 1 atom stereocenters. The molecular weight excluding hydrogens is 470 g/mol. The fourth-order valence-electron chi connectivity index (χ4n) is 3.63. The van der Waals surface area contributed by atoms with E-state index in [-0.39, 0.29) is 42.1 Å². The van der Waals surface area contributed by atoms with E-state index in [0.717, 1.165) is 23.8 Å². The van der Waals surface area contributed by atoms with E-state index in [1.165, 1.54) is 24.3 Å². The summed E-state index contributed by atoms with van der Waals surface area (Å²) in [5.74, 6) is -0.328. The molecule has 2 aliphatic heterocycles. The third-order valence-corrected chi connectivity index (χ3v) is 7.49. The van der Waals surface area contributed by atoms with Crippen LogP contribution < -0.4 is 15.4 Å². The summed E-state index contributed by atoms with van der Waals surface area (Å²) in [6.45, 7) is 1.31. The maximum atomic E-state index is 12.8. The maximum Gasteiger partial charge on any atom is 0.255 e. The largest absolute Gasteiger partial charge is 0.489 e. The zero-order valence-electron chi connectivity index (χ0n) is 17.8. The fraction of sp³-hybridized carbons (Fsp3) is 0.364. The number of benzene rings is 2. The Hall–Kier alpha value is -2.66. The molecule has 2 aromatic carbocycles. The van der Waals surface area contributed by atoms with Gasteiger partial charge in [-0.2, -0.15) is 4.31 Å². The summed E-state index contributed by atoms with van der Waals surface area (Å²) in [7, 11) is -3.83. The molecule has 0 spiro atoms. The van der Waals surface area contributed by atoms with E-state index >= 15 is 0 Å². The first kappa shape index (κ1) is 23.5. The van der Waals surface area contributed by atoms with Gasteiger partial charge in [-0.15, -0.1) is 0 Å². The summed E-state index contributed by atoms with van der Waals surface area (Å²) >= 11 is 6.10. The zero-order valence-corrected chi connectivity index (χ0v) is 19.3. The Morgan fingerprint density at radius 3 is 2.73 bits per heavy atom. The Morgan fingerprint density at radius 2 is 2.03 bits per heavy atom. The average Bonchev–Trinajstić information content (AvgIpc) is 3.32. The van der Waals surface area contributed by atoms with Crippen molar-refractivity contribution in [3.05, 3.63) is 53.1 Å². The second-order valence-electron chi connectivity index (χ2n) is 7.75. The molecule has 2 heterocycles. The van der Waals surface area contributed by atoms with E-state index in [1.807, 2.05) is 0 Å². The number of carbonyl (C=O) groups excluding carboxylic acids is 2. The van der Waals surface area contributed by atoms with Crippen LogP contribution in [-0.2, 0) is 19.6 Å². The smallest absolute Gasteiger partial charge is 0.255 e. The van der Waals surface area contributed by atoms with Gasteiger partial charge >= 0.3 is 0 Å². The molecule has 4 rings (SSSR count). The lowest BCUT2D eigenvalue weighted by Gasteiger charge is -2.25. The zero-order chi connectivity index (χ0) is 23.4. The summed E-state index contributed by atoms with van der Waals surface area (Å²) in [5.41, 5.74) is 0.664. The first-order valence-electron chi connectivity index (χ1n) is 10.5. The number of hydrogen-bond acceptors (Lipinski definition) is 6. The molecule has 0 radical (unpaired) electrons. The van der Waals surface area contributed by atoms with E-state index in [4.69, 9.17) is 21.1 Å². The van der Waals surface area contributed by atoms with Crippen molar-refractivity contribution in [2.45, 2.75) is 23.8 Å². The van der Waals surface area contributed by atoms with Crippen molar-refractivity contribution in [1.29, 1.82) is 0 Å². The molecule has 0 aromatic heterocycles. The van der Waals surface area contributed by atoms with E-state index < -0.39 is 15.9 Å². The lowest BCUT2D eigenvalue weighted by molar-refractivity contribution is -0.122. The molecule has 2 fully saturated rings. The molecule has 0 aliphatic carbocycles. The Morgan fingerprint density at radius 1 is 1.24 bits per heavy atom. The number of anilines is 1. The fourth-order valence-corrected chi connectivity index (χ4v) is 5.20. The van der Waals surface area contributed by atoms with Gasteiger partial charge in [0, 0.05) is 30.3 Å². The van der Waals surface area contributed by atoms with Crippen molar-refractivity contribution in [3.8, 4) is 5.75 Å². The van der Waals surface area contributed by atoms with Crippen molar-refractivity contribution in [1.82, 2.24) is 9.62 Å². The molecular formula is C22H24ClN3O6S. The first-order valence-corrected chi connectivity index (χ1v) is 12.4. The predicted octanol–water partition coefficient (Wildman–Crippen LogP) is 2.27. The number of amides is 2. The van der Waals surface area contributed by atoms with Crippen LogP contribution in [0.4, 0.5) is 5.69 Å². The van der Waals surface area contributed by atoms with Gasteiger partial charge < -0.3 is 20.1 Å². The number of sulfonamides is 1. The van der Waals surface area contributed by atoms with Gasteiger partial charge in [0.1, 0.15) is 12.4 Å². The van der Waals surface area contributed by atoms with Crippen LogP contribution in [-0.4, -0.2) is 63.5 Å². The SMILES string of the molecule is O=C1CN(S(=O)(=O)c2ccc(C(=O)Nc3cc(Cl)ccc3OCC3CCCO3)cc2)CCN1. The average molecular weight is 494 g/mol. The van der Waals surface area contributed by atoms with Crippen LogP contribution in [0.3, 0.4) is 0 Å². The first-order chi connectivity index (χ1) is 15.8. The highest BCUT2D eigenvalue weighted by atomic mass is 35.5. The van der Waals surface area contributed by atoms with Gasteiger partial charge in [0.05, 0.1) is 23.2 Å². The molecule has 2 N–H and O–H groups in total. The van der Waals surface area contributed by atoms with Crippen molar-refractivity contribution in [2.24, 2.45) is 0 Å². The van der Waals surface area contributed by atoms with E-state index in [9.17, 15) is 18.0 Å². The maximum absolute atomic E-state index is 12.8. The third-order valence-electron chi connectivity index (χ3n) is 5.40. The van der Waals surface area contributed by atoms with Gasteiger partial charge in [-0.1, -0.05) is 11.6 Å². The minimum absolute atomic E-state index is 0.0112.